The topological polar surface area (TPSA) is 127 Å². The molecule has 0 saturated carbocycles. The Kier molecular flexibility index (Phi) is 6.82. The highest BCUT2D eigenvalue weighted by atomic mass is 16.6. The van der Waals surface area contributed by atoms with Crippen LogP contribution in [0.25, 0.3) is 5.76 Å². The van der Waals surface area contributed by atoms with E-state index >= 15 is 0 Å². The van der Waals surface area contributed by atoms with Crippen molar-refractivity contribution in [3.05, 3.63) is 105 Å². The van der Waals surface area contributed by atoms with E-state index in [1.165, 1.54) is 23.1 Å². The summed E-state index contributed by atoms with van der Waals surface area (Å²) in [5, 5.41) is 25.1. The van der Waals surface area contributed by atoms with E-state index in [1.807, 2.05) is 13.8 Å². The van der Waals surface area contributed by atoms with E-state index in [0.717, 1.165) is 0 Å². The second kappa shape index (κ2) is 9.99. The summed E-state index contributed by atoms with van der Waals surface area (Å²) in [5.74, 6) is -1.75. The minimum absolute atomic E-state index is 0.0340. The number of pyridine rings is 1. The van der Waals surface area contributed by atoms with Gasteiger partial charge in [0.1, 0.15) is 5.75 Å². The van der Waals surface area contributed by atoms with Crippen LogP contribution in [0.5, 0.6) is 5.75 Å². The Labute approximate surface area is 207 Å². The zero-order valence-electron chi connectivity index (χ0n) is 20.1. The van der Waals surface area contributed by atoms with Crippen LogP contribution >= 0.6 is 0 Å². The summed E-state index contributed by atoms with van der Waals surface area (Å²) in [6, 6.07) is 12.9. The number of likely N-dealkylation sites (tertiary alicyclic amines) is 1. The van der Waals surface area contributed by atoms with E-state index in [0.29, 0.717) is 22.4 Å². The van der Waals surface area contributed by atoms with Gasteiger partial charge in [-0.1, -0.05) is 24.0 Å². The number of hydrogen-bond donors (Lipinski definition) is 0. The molecule has 9 heteroatoms. The van der Waals surface area contributed by atoms with Gasteiger partial charge in [-0.25, -0.2) is 4.98 Å². The number of amides is 1. The van der Waals surface area contributed by atoms with Crippen molar-refractivity contribution in [3.63, 3.8) is 0 Å². The van der Waals surface area contributed by atoms with Gasteiger partial charge in [0.05, 0.1) is 23.6 Å². The van der Waals surface area contributed by atoms with Crippen molar-refractivity contribution in [2.75, 3.05) is 0 Å². The summed E-state index contributed by atoms with van der Waals surface area (Å²) in [5.41, 5.74) is 1.50. The summed E-state index contributed by atoms with van der Waals surface area (Å²) < 4.78 is 5.74. The highest BCUT2D eigenvalue weighted by Crippen LogP contribution is 2.40. The summed E-state index contributed by atoms with van der Waals surface area (Å²) in [4.78, 5) is 41.4. The number of benzene rings is 2. The number of carbonyl (C=O) groups is 2. The number of ether oxygens (including phenoxy) is 1. The van der Waals surface area contributed by atoms with E-state index in [-0.39, 0.29) is 29.5 Å². The molecular weight excluding hydrogens is 462 g/mol. The molecule has 3 aromatic rings. The van der Waals surface area contributed by atoms with E-state index < -0.39 is 28.4 Å². The standard InChI is InChI=1S/C27H25N3O6/c1-16(2)36-22-10-9-20(12-17(22)3)25(31)23-24(19-7-4-8-21(13-19)30(34)35)29(27(33)26(23)32)15-18-6-5-11-28-14-18/h4-14,16,24,31H,15H2,1-3H3/b25-23+. The van der Waals surface area contributed by atoms with E-state index in [9.17, 15) is 24.8 Å². The number of nitrogens with one attached hydrogen (secondary N) is 1. The summed E-state index contributed by atoms with van der Waals surface area (Å²) in [6.07, 6.45) is 3.32. The molecule has 1 unspecified atom stereocenters. The number of aromatic amines is 1. The van der Waals surface area contributed by atoms with Gasteiger partial charge >= 0.3 is 0 Å². The van der Waals surface area contributed by atoms with Gasteiger partial charge in [0.25, 0.3) is 11.6 Å². The Hall–Kier alpha value is -4.53. The zero-order valence-corrected chi connectivity index (χ0v) is 20.1. The fourth-order valence-corrected chi connectivity index (χ4v) is 4.25. The molecule has 4 rings (SSSR count). The molecule has 1 amide bonds. The Bertz CT molecular complexity index is 1370. The van der Waals surface area contributed by atoms with Crippen molar-refractivity contribution in [1.29, 1.82) is 0 Å². The van der Waals surface area contributed by atoms with Crippen molar-refractivity contribution < 1.29 is 29.3 Å². The number of hydrogen-bond acceptors (Lipinski definition) is 6. The third-order valence-electron chi connectivity index (χ3n) is 5.85. The number of H-pyrrole nitrogens is 1. The van der Waals surface area contributed by atoms with E-state index in [1.54, 1.807) is 55.7 Å². The number of Topliss-reactive ketones (excluding diaryl/α,β-unsaturated/α-hetero) is 1. The van der Waals surface area contributed by atoms with Gasteiger partial charge in [-0.15, -0.1) is 0 Å². The lowest BCUT2D eigenvalue weighted by molar-refractivity contribution is -0.385. The smallest absolute Gasteiger partial charge is 0.295 e. The average molecular weight is 488 g/mol. The van der Waals surface area contributed by atoms with Crippen LogP contribution in [0.3, 0.4) is 0 Å². The first-order chi connectivity index (χ1) is 17.2. The molecule has 0 spiro atoms. The Morgan fingerprint density at radius 3 is 2.56 bits per heavy atom. The molecule has 1 fully saturated rings. The predicted octanol–water partition coefficient (Wildman–Crippen LogP) is 2.93. The molecular formula is C27H25N3O6. The molecule has 1 atom stereocenters. The van der Waals surface area contributed by atoms with Gasteiger partial charge < -0.3 is 14.7 Å². The molecule has 0 aliphatic carbocycles. The normalized spacial score (nSPS) is 17.0. The third-order valence-corrected chi connectivity index (χ3v) is 5.85. The van der Waals surface area contributed by atoms with Crippen molar-refractivity contribution in [1.82, 2.24) is 4.90 Å². The minimum Gasteiger partial charge on any atom is -0.872 e. The van der Waals surface area contributed by atoms with Crippen LogP contribution in [0, 0.1) is 17.0 Å². The van der Waals surface area contributed by atoms with Crippen LogP contribution < -0.4 is 14.8 Å². The average Bonchev–Trinajstić information content (AvgIpc) is 3.10. The van der Waals surface area contributed by atoms with Gasteiger partial charge in [-0.05, 0) is 55.7 Å². The number of non-ortho nitro benzene ring substituents is 1. The van der Waals surface area contributed by atoms with E-state index in [2.05, 4.69) is 4.98 Å². The quantitative estimate of drug-likeness (QED) is 0.166. The molecule has 184 valence electrons. The van der Waals surface area contributed by atoms with Crippen molar-refractivity contribution in [3.8, 4) is 5.75 Å². The number of carbonyl (C=O) groups excluding carboxylic acids is 2. The number of nitrogens with zero attached hydrogens (tertiary/aromatic N) is 2. The predicted molar refractivity (Wildman–Crippen MR) is 128 cm³/mol. The SMILES string of the molecule is Cc1cc(/C([O-])=C2\C(=O)C(=O)N(Cc3ccc[nH+]c3)C2c2cccc([N+](=O)[O-])c2)ccc1OC(C)C. The second-order valence-electron chi connectivity index (χ2n) is 8.82. The van der Waals surface area contributed by atoms with Gasteiger partial charge in [0, 0.05) is 29.3 Å². The highest BCUT2D eigenvalue weighted by Gasteiger charge is 2.44. The maximum absolute atomic E-state index is 13.7. The molecule has 2 aromatic carbocycles. The lowest BCUT2D eigenvalue weighted by Gasteiger charge is -2.27. The lowest BCUT2D eigenvalue weighted by Crippen LogP contribution is -2.29. The monoisotopic (exact) mass is 487 g/mol. The second-order valence-corrected chi connectivity index (χ2v) is 8.82. The summed E-state index contributed by atoms with van der Waals surface area (Å²) in [6.45, 7) is 5.60. The Morgan fingerprint density at radius 2 is 1.92 bits per heavy atom. The van der Waals surface area contributed by atoms with Crippen LogP contribution in [0.4, 0.5) is 5.69 Å². The molecule has 36 heavy (non-hydrogen) atoms. The molecule has 1 N–H and O–H groups in total. The summed E-state index contributed by atoms with van der Waals surface area (Å²) in [7, 11) is 0. The molecule has 0 radical (unpaired) electrons. The fourth-order valence-electron chi connectivity index (χ4n) is 4.25. The van der Waals surface area contributed by atoms with Crippen LogP contribution in [0.1, 0.15) is 42.1 Å². The van der Waals surface area contributed by atoms with E-state index in [4.69, 9.17) is 4.74 Å². The first-order valence-corrected chi connectivity index (χ1v) is 11.4. The molecule has 9 nitrogen and oxygen atoms in total. The number of ketones is 1. The first kappa shape index (κ1) is 24.6. The van der Waals surface area contributed by atoms with Crippen LogP contribution in [0.15, 0.2) is 72.6 Å². The van der Waals surface area contributed by atoms with Gasteiger partial charge in [-0.2, -0.15) is 0 Å². The number of aryl methyl sites for hydroxylation is 1. The number of nitro groups is 1. The minimum atomic E-state index is -1.08. The van der Waals surface area contributed by atoms with Crippen LogP contribution in [0.2, 0.25) is 0 Å². The van der Waals surface area contributed by atoms with Gasteiger partial charge in [0.2, 0.25) is 5.78 Å². The number of aromatic nitrogens is 1. The molecule has 1 aromatic heterocycles. The Balaban J connectivity index is 1.86. The Morgan fingerprint density at radius 1 is 1.14 bits per heavy atom. The van der Waals surface area contributed by atoms with Gasteiger partial charge in [-0.3, -0.25) is 19.7 Å². The fraction of sp³-hybridized carbons (Fsp3) is 0.222. The largest absolute Gasteiger partial charge is 0.872 e. The molecule has 2 heterocycles. The zero-order chi connectivity index (χ0) is 26.0. The number of rotatable bonds is 7. The molecule has 1 saturated heterocycles. The maximum atomic E-state index is 13.7. The number of nitro benzene ring substituents is 1. The van der Waals surface area contributed by atoms with Crippen molar-refractivity contribution in [2.24, 2.45) is 0 Å². The maximum Gasteiger partial charge on any atom is 0.295 e. The highest BCUT2D eigenvalue weighted by molar-refractivity contribution is 6.46. The van der Waals surface area contributed by atoms with Crippen LogP contribution in [-0.4, -0.2) is 27.6 Å². The van der Waals surface area contributed by atoms with Crippen molar-refractivity contribution in [2.45, 2.75) is 39.5 Å². The summed E-state index contributed by atoms with van der Waals surface area (Å²) >= 11 is 0. The lowest BCUT2D eigenvalue weighted by atomic mass is 9.94. The molecule has 1 aliphatic heterocycles. The van der Waals surface area contributed by atoms with Gasteiger partial charge in [0.15, 0.2) is 12.4 Å². The van der Waals surface area contributed by atoms with Crippen LogP contribution in [-0.2, 0) is 16.1 Å². The first-order valence-electron chi connectivity index (χ1n) is 11.4. The third kappa shape index (κ3) is 4.81. The molecule has 0 bridgehead atoms. The molecule has 1 aliphatic rings. The van der Waals surface area contributed by atoms with Crippen molar-refractivity contribution >= 4 is 23.1 Å².